The molecule has 0 saturated heterocycles. The largest absolute Gasteiger partial charge is 0.384 e. The van der Waals surface area contributed by atoms with E-state index >= 15 is 0 Å². The molecule has 18 heavy (non-hydrogen) atoms. The number of hydrogen-bond acceptors (Lipinski definition) is 3. The van der Waals surface area contributed by atoms with Gasteiger partial charge in [-0.2, -0.15) is 0 Å². The summed E-state index contributed by atoms with van der Waals surface area (Å²) in [7, 11) is 1.57. The molecule has 0 aromatic heterocycles. The molecular formula is C13H19F2NOS. The maximum Gasteiger partial charge on any atom is 0.140 e. The van der Waals surface area contributed by atoms with E-state index in [-0.39, 0.29) is 4.90 Å². The van der Waals surface area contributed by atoms with Crippen molar-refractivity contribution in [1.82, 2.24) is 5.32 Å². The lowest BCUT2D eigenvalue weighted by atomic mass is 10.2. The summed E-state index contributed by atoms with van der Waals surface area (Å²) in [5.41, 5.74) is 0.634. The van der Waals surface area contributed by atoms with Gasteiger partial charge < -0.3 is 10.1 Å². The third-order valence-corrected chi connectivity index (χ3v) is 3.40. The zero-order chi connectivity index (χ0) is 13.4. The van der Waals surface area contributed by atoms with Crippen LogP contribution in [0.2, 0.25) is 0 Å². The third-order valence-electron chi connectivity index (χ3n) is 2.35. The van der Waals surface area contributed by atoms with Crippen LogP contribution in [-0.2, 0) is 11.3 Å². The molecule has 0 aliphatic heterocycles. The first-order valence-electron chi connectivity index (χ1n) is 5.99. The molecule has 0 bridgehead atoms. The van der Waals surface area contributed by atoms with Crippen LogP contribution in [0.5, 0.6) is 0 Å². The Labute approximate surface area is 111 Å². The van der Waals surface area contributed by atoms with Crippen molar-refractivity contribution in [3.8, 4) is 0 Å². The quantitative estimate of drug-likeness (QED) is 0.581. The van der Waals surface area contributed by atoms with E-state index in [9.17, 15) is 8.78 Å². The number of ether oxygens (including phenoxy) is 1. The van der Waals surface area contributed by atoms with Crippen molar-refractivity contribution in [1.29, 1.82) is 0 Å². The smallest absolute Gasteiger partial charge is 0.140 e. The maximum absolute atomic E-state index is 13.7. The van der Waals surface area contributed by atoms with Gasteiger partial charge in [0.25, 0.3) is 0 Å². The first-order valence-corrected chi connectivity index (χ1v) is 6.98. The molecule has 0 saturated carbocycles. The molecule has 0 unspecified atom stereocenters. The van der Waals surface area contributed by atoms with E-state index in [0.29, 0.717) is 24.5 Å². The fourth-order valence-electron chi connectivity index (χ4n) is 1.49. The topological polar surface area (TPSA) is 21.3 Å². The van der Waals surface area contributed by atoms with Gasteiger partial charge in [0.1, 0.15) is 11.6 Å². The lowest BCUT2D eigenvalue weighted by molar-refractivity contribution is 0.218. The Kier molecular flexibility index (Phi) is 7.23. The fraction of sp³-hybridized carbons (Fsp3) is 0.538. The van der Waals surface area contributed by atoms with E-state index in [1.165, 1.54) is 12.1 Å². The summed E-state index contributed by atoms with van der Waals surface area (Å²) >= 11 is 1.14. The minimum Gasteiger partial charge on any atom is -0.384 e. The lowest BCUT2D eigenvalue weighted by Crippen LogP contribution is -2.14. The van der Waals surface area contributed by atoms with Crippen molar-refractivity contribution < 1.29 is 13.5 Å². The zero-order valence-electron chi connectivity index (χ0n) is 10.8. The van der Waals surface area contributed by atoms with E-state index in [4.69, 9.17) is 4.74 Å². The first-order chi connectivity index (χ1) is 8.69. The second-order valence-electron chi connectivity index (χ2n) is 3.91. The van der Waals surface area contributed by atoms with Gasteiger partial charge in [-0.05, 0) is 30.7 Å². The summed E-state index contributed by atoms with van der Waals surface area (Å²) in [6.45, 7) is 3.85. The van der Waals surface area contributed by atoms with Crippen LogP contribution in [-0.4, -0.2) is 26.0 Å². The van der Waals surface area contributed by atoms with E-state index < -0.39 is 11.6 Å². The Morgan fingerprint density at radius 3 is 2.50 bits per heavy atom. The Balaban J connectivity index is 2.65. The van der Waals surface area contributed by atoms with Crippen LogP contribution >= 0.6 is 11.8 Å². The summed E-state index contributed by atoms with van der Waals surface area (Å²) in [5.74, 6) is -0.452. The molecular weight excluding hydrogens is 256 g/mol. The van der Waals surface area contributed by atoms with E-state index in [0.717, 1.165) is 24.7 Å². The summed E-state index contributed by atoms with van der Waals surface area (Å²) in [4.78, 5) is 0.0753. The van der Waals surface area contributed by atoms with Gasteiger partial charge >= 0.3 is 0 Å². The molecule has 1 rings (SSSR count). The van der Waals surface area contributed by atoms with E-state index in [1.807, 2.05) is 6.92 Å². The van der Waals surface area contributed by atoms with Crippen molar-refractivity contribution in [3.05, 3.63) is 29.3 Å². The van der Waals surface area contributed by atoms with E-state index in [2.05, 4.69) is 5.32 Å². The van der Waals surface area contributed by atoms with Gasteiger partial charge in [0.2, 0.25) is 0 Å². The lowest BCUT2D eigenvalue weighted by Gasteiger charge is -2.08. The summed E-state index contributed by atoms with van der Waals surface area (Å²) in [6, 6.07) is 2.78. The first kappa shape index (κ1) is 15.4. The monoisotopic (exact) mass is 275 g/mol. The van der Waals surface area contributed by atoms with E-state index in [1.54, 1.807) is 7.11 Å². The number of nitrogens with one attached hydrogen (secondary N) is 1. The highest BCUT2D eigenvalue weighted by molar-refractivity contribution is 7.99. The van der Waals surface area contributed by atoms with Gasteiger partial charge in [0.15, 0.2) is 0 Å². The average Bonchev–Trinajstić information content (AvgIpc) is 2.33. The minimum absolute atomic E-state index is 0.0753. The SMILES string of the molecule is CCCNCc1cc(F)c(SCCOC)c(F)c1. The Bertz CT molecular complexity index is 351. The standard InChI is InChI=1S/C13H19F2NOS/c1-3-4-16-9-10-7-11(14)13(12(15)8-10)18-6-5-17-2/h7-8,16H,3-6,9H2,1-2H3. The van der Waals surface area contributed by atoms with Crippen LogP contribution in [0.15, 0.2) is 17.0 Å². The van der Waals surface area contributed by atoms with Crippen molar-refractivity contribution in [3.63, 3.8) is 0 Å². The molecule has 1 aromatic carbocycles. The minimum atomic E-state index is -0.496. The molecule has 0 radical (unpaired) electrons. The summed E-state index contributed by atoms with van der Waals surface area (Å²) in [5, 5.41) is 3.12. The normalized spacial score (nSPS) is 10.9. The number of benzene rings is 1. The highest BCUT2D eigenvalue weighted by Crippen LogP contribution is 2.26. The number of thioether (sulfide) groups is 1. The van der Waals surface area contributed by atoms with Gasteiger partial charge in [-0.15, -0.1) is 11.8 Å². The highest BCUT2D eigenvalue weighted by atomic mass is 32.2. The van der Waals surface area contributed by atoms with Crippen LogP contribution in [0.3, 0.4) is 0 Å². The van der Waals surface area contributed by atoms with Crippen molar-refractivity contribution in [2.45, 2.75) is 24.8 Å². The Morgan fingerprint density at radius 2 is 1.94 bits per heavy atom. The number of methoxy groups -OCH3 is 1. The van der Waals surface area contributed by atoms with Crippen LogP contribution in [0.25, 0.3) is 0 Å². The van der Waals surface area contributed by atoms with Gasteiger partial charge in [-0.25, -0.2) is 8.78 Å². The Hall–Kier alpha value is -0.650. The Morgan fingerprint density at radius 1 is 1.28 bits per heavy atom. The molecule has 0 fully saturated rings. The number of hydrogen-bond donors (Lipinski definition) is 1. The van der Waals surface area contributed by atoms with Gasteiger partial charge in [0.05, 0.1) is 11.5 Å². The van der Waals surface area contributed by atoms with Gasteiger partial charge in [-0.3, -0.25) is 0 Å². The van der Waals surface area contributed by atoms with Crippen molar-refractivity contribution >= 4 is 11.8 Å². The predicted octanol–water partition coefficient (Wildman–Crippen LogP) is 3.20. The number of rotatable bonds is 8. The fourth-order valence-corrected chi connectivity index (χ4v) is 2.34. The molecule has 0 atom stereocenters. The molecule has 0 aliphatic carbocycles. The second-order valence-corrected chi connectivity index (χ2v) is 5.01. The van der Waals surface area contributed by atoms with Crippen molar-refractivity contribution in [2.24, 2.45) is 0 Å². The van der Waals surface area contributed by atoms with Gasteiger partial charge in [-0.1, -0.05) is 6.92 Å². The molecule has 1 N–H and O–H groups in total. The van der Waals surface area contributed by atoms with Crippen LogP contribution < -0.4 is 5.32 Å². The molecule has 102 valence electrons. The molecule has 0 spiro atoms. The van der Waals surface area contributed by atoms with Crippen LogP contribution in [0.1, 0.15) is 18.9 Å². The van der Waals surface area contributed by atoms with Gasteiger partial charge in [0, 0.05) is 19.4 Å². The molecule has 0 amide bonds. The van der Waals surface area contributed by atoms with Crippen molar-refractivity contribution in [2.75, 3.05) is 26.0 Å². The maximum atomic E-state index is 13.7. The molecule has 2 nitrogen and oxygen atoms in total. The molecule has 1 aromatic rings. The average molecular weight is 275 g/mol. The molecule has 5 heteroatoms. The van der Waals surface area contributed by atoms with Crippen LogP contribution in [0, 0.1) is 11.6 Å². The molecule has 0 aliphatic rings. The third kappa shape index (κ3) is 4.92. The molecule has 0 heterocycles. The highest BCUT2D eigenvalue weighted by Gasteiger charge is 2.11. The summed E-state index contributed by atoms with van der Waals surface area (Å²) < 4.78 is 32.3. The summed E-state index contributed by atoms with van der Waals surface area (Å²) in [6.07, 6.45) is 0.996. The number of halogens is 2. The second kappa shape index (κ2) is 8.45. The predicted molar refractivity (Wildman–Crippen MR) is 71.0 cm³/mol. The van der Waals surface area contributed by atoms with Crippen LogP contribution in [0.4, 0.5) is 8.78 Å². The zero-order valence-corrected chi connectivity index (χ0v) is 11.6.